The van der Waals surface area contributed by atoms with E-state index in [1.165, 1.54) is 37.9 Å². The monoisotopic (exact) mass is 827 g/mol. The molecule has 65 heavy (non-hydrogen) atoms. The number of fused-ring (bicyclic) bond motifs is 11. The summed E-state index contributed by atoms with van der Waals surface area (Å²) in [6.07, 6.45) is 0. The Morgan fingerprint density at radius 1 is 0.215 bits per heavy atom. The van der Waals surface area contributed by atoms with Gasteiger partial charge in [0.1, 0.15) is 11.2 Å². The first-order valence-corrected chi connectivity index (χ1v) is 22.0. The number of hydrogen-bond donors (Lipinski definition) is 0. The van der Waals surface area contributed by atoms with Gasteiger partial charge in [-0.15, -0.1) is 0 Å². The molecule has 4 nitrogen and oxygen atoms in total. The molecule has 0 saturated heterocycles. The molecule has 0 N–H and O–H groups in total. The quantitative estimate of drug-likeness (QED) is 0.157. The zero-order valence-electron chi connectivity index (χ0n) is 35.1. The minimum Gasteiger partial charge on any atom is -0.455 e. The molecule has 0 radical (unpaired) electrons. The molecule has 4 heteroatoms. The van der Waals surface area contributed by atoms with E-state index < -0.39 is 0 Å². The molecule has 302 valence electrons. The van der Waals surface area contributed by atoms with E-state index in [0.29, 0.717) is 17.5 Å². The molecule has 0 amide bonds. The number of benzene rings is 11. The summed E-state index contributed by atoms with van der Waals surface area (Å²) in [6, 6.07) is 79.3. The van der Waals surface area contributed by atoms with Crippen molar-refractivity contribution in [2.24, 2.45) is 0 Å². The average Bonchev–Trinajstić information content (AvgIpc) is 3.78. The number of furan rings is 1. The molecule has 2 heterocycles. The average molecular weight is 828 g/mol. The van der Waals surface area contributed by atoms with Gasteiger partial charge in [-0.2, -0.15) is 0 Å². The second-order valence-electron chi connectivity index (χ2n) is 16.7. The van der Waals surface area contributed by atoms with Crippen LogP contribution in [-0.2, 0) is 0 Å². The molecule has 2 aromatic heterocycles. The molecule has 0 unspecified atom stereocenters. The Balaban J connectivity index is 0.917. The minimum absolute atomic E-state index is 0.621. The molecule has 13 rings (SSSR count). The maximum Gasteiger partial charge on any atom is 0.164 e. The van der Waals surface area contributed by atoms with Crippen molar-refractivity contribution < 1.29 is 4.42 Å². The molecule has 13 aromatic rings. The second-order valence-corrected chi connectivity index (χ2v) is 16.7. The van der Waals surface area contributed by atoms with Crippen molar-refractivity contribution in [3.63, 3.8) is 0 Å². The van der Waals surface area contributed by atoms with Crippen molar-refractivity contribution in [2.45, 2.75) is 0 Å². The summed E-state index contributed by atoms with van der Waals surface area (Å²) in [4.78, 5) is 15.1. The van der Waals surface area contributed by atoms with E-state index in [1.807, 2.05) is 36.4 Å². The molecular weight excluding hydrogens is 791 g/mol. The van der Waals surface area contributed by atoms with Gasteiger partial charge in [0, 0.05) is 38.4 Å². The van der Waals surface area contributed by atoms with E-state index in [9.17, 15) is 0 Å². The lowest BCUT2D eigenvalue weighted by Crippen LogP contribution is -2.00. The highest BCUT2D eigenvalue weighted by Gasteiger charge is 2.19. The molecular formula is C61H37N3O. The Morgan fingerprint density at radius 2 is 0.615 bits per heavy atom. The van der Waals surface area contributed by atoms with E-state index >= 15 is 0 Å². The molecule has 0 bridgehead atoms. The summed E-state index contributed by atoms with van der Waals surface area (Å²) in [5.41, 5.74) is 11.3. The fraction of sp³-hybridized carbons (Fsp3) is 0. The van der Waals surface area contributed by atoms with E-state index in [-0.39, 0.29) is 0 Å². The van der Waals surface area contributed by atoms with Crippen molar-refractivity contribution in [2.75, 3.05) is 0 Å². The third kappa shape index (κ3) is 6.18. The van der Waals surface area contributed by atoms with Crippen LogP contribution >= 0.6 is 0 Å². The van der Waals surface area contributed by atoms with Crippen LogP contribution in [0, 0.1) is 0 Å². The first-order chi connectivity index (χ1) is 32.2. The predicted molar refractivity (Wildman–Crippen MR) is 270 cm³/mol. The number of rotatable bonds is 6. The highest BCUT2D eigenvalue weighted by molar-refractivity contribution is 6.26. The highest BCUT2D eigenvalue weighted by Crippen LogP contribution is 2.44. The van der Waals surface area contributed by atoms with Crippen LogP contribution in [0.5, 0.6) is 0 Å². The lowest BCUT2D eigenvalue weighted by molar-refractivity contribution is 0.674. The second kappa shape index (κ2) is 15.0. The summed E-state index contributed by atoms with van der Waals surface area (Å²) in [7, 11) is 0. The van der Waals surface area contributed by atoms with Gasteiger partial charge < -0.3 is 4.42 Å². The number of aromatic nitrogens is 3. The Kier molecular flexibility index (Phi) is 8.50. The van der Waals surface area contributed by atoms with Crippen LogP contribution in [-0.4, -0.2) is 15.0 Å². The van der Waals surface area contributed by atoms with Crippen LogP contribution in [0.2, 0.25) is 0 Å². The van der Waals surface area contributed by atoms with Gasteiger partial charge in [-0.3, -0.25) is 0 Å². The first kappa shape index (κ1) is 36.9. The van der Waals surface area contributed by atoms with Crippen LogP contribution in [0.25, 0.3) is 133 Å². The summed E-state index contributed by atoms with van der Waals surface area (Å²) >= 11 is 0. The normalized spacial score (nSPS) is 11.7. The molecule has 0 aliphatic rings. The van der Waals surface area contributed by atoms with Crippen molar-refractivity contribution in [1.29, 1.82) is 0 Å². The molecule has 0 spiro atoms. The van der Waals surface area contributed by atoms with E-state index in [4.69, 9.17) is 19.4 Å². The summed E-state index contributed by atoms with van der Waals surface area (Å²) < 4.78 is 6.99. The van der Waals surface area contributed by atoms with Crippen molar-refractivity contribution >= 4 is 65.0 Å². The van der Waals surface area contributed by atoms with E-state index in [1.54, 1.807) is 0 Å². The Hall–Kier alpha value is -8.73. The minimum atomic E-state index is 0.621. The van der Waals surface area contributed by atoms with Crippen LogP contribution < -0.4 is 0 Å². The SMILES string of the molecule is c1ccc(-c2ccc(-c3nc(-c4ccccc4)nc(-c4ccc(-c5cc6c7cccc(-c8ccc9c%10ccccc%10c%10ccccc%10c9c8)c7oc6c6ccccc56)cc4)n3)cc2)cc1. The standard InChI is InChI=1S/C61H37N3O/c1-3-14-38(15-4-1)39-26-30-42(31-27-39)60-62-59(41-16-5-2-6-17-41)63-61(64-60)43-32-28-40(29-33-43)54-37-56-53-25-13-24-45(57(53)65-58(56)52-23-12-11-22-50(52)54)44-34-35-51-48-20-8-7-18-46(48)47-19-9-10-21-49(47)55(51)36-44/h1-37H. The van der Waals surface area contributed by atoms with Crippen molar-refractivity contribution in [3.8, 4) is 67.5 Å². The molecule has 11 aromatic carbocycles. The lowest BCUT2D eigenvalue weighted by atomic mass is 9.91. The van der Waals surface area contributed by atoms with Gasteiger partial charge in [0.2, 0.25) is 0 Å². The summed E-state index contributed by atoms with van der Waals surface area (Å²) in [6.45, 7) is 0. The fourth-order valence-corrected chi connectivity index (χ4v) is 9.75. The van der Waals surface area contributed by atoms with Gasteiger partial charge in [-0.1, -0.05) is 212 Å². The smallest absolute Gasteiger partial charge is 0.164 e. The topological polar surface area (TPSA) is 51.8 Å². The summed E-state index contributed by atoms with van der Waals surface area (Å²) in [5.74, 6) is 1.89. The van der Waals surface area contributed by atoms with Gasteiger partial charge in [-0.05, 0) is 77.7 Å². The van der Waals surface area contributed by atoms with Gasteiger partial charge in [0.15, 0.2) is 17.5 Å². The number of hydrogen-bond acceptors (Lipinski definition) is 4. The Bertz CT molecular complexity index is 3940. The Labute approximate surface area is 374 Å². The van der Waals surface area contributed by atoms with Gasteiger partial charge in [0.05, 0.1) is 0 Å². The van der Waals surface area contributed by atoms with Crippen molar-refractivity contribution in [3.05, 3.63) is 224 Å². The van der Waals surface area contributed by atoms with Crippen LogP contribution in [0.4, 0.5) is 0 Å². The molecule has 0 fully saturated rings. The first-order valence-electron chi connectivity index (χ1n) is 22.0. The Morgan fingerprint density at radius 3 is 1.22 bits per heavy atom. The molecule has 0 aliphatic carbocycles. The molecule has 0 atom stereocenters. The number of nitrogens with zero attached hydrogens (tertiary/aromatic N) is 3. The molecule has 0 aliphatic heterocycles. The third-order valence-corrected chi connectivity index (χ3v) is 12.9. The van der Waals surface area contributed by atoms with Crippen LogP contribution in [0.15, 0.2) is 229 Å². The third-order valence-electron chi connectivity index (χ3n) is 12.9. The van der Waals surface area contributed by atoms with Gasteiger partial charge in [-0.25, -0.2) is 15.0 Å². The zero-order valence-corrected chi connectivity index (χ0v) is 35.1. The highest BCUT2D eigenvalue weighted by atomic mass is 16.3. The van der Waals surface area contributed by atoms with Crippen molar-refractivity contribution in [1.82, 2.24) is 15.0 Å². The number of para-hydroxylation sites is 1. The summed E-state index contributed by atoms with van der Waals surface area (Å²) in [5, 5.41) is 11.9. The maximum absolute atomic E-state index is 6.99. The van der Waals surface area contributed by atoms with E-state index in [2.05, 4.69) is 188 Å². The maximum atomic E-state index is 6.99. The van der Waals surface area contributed by atoms with Gasteiger partial charge in [0.25, 0.3) is 0 Å². The lowest BCUT2D eigenvalue weighted by Gasteiger charge is -2.12. The van der Waals surface area contributed by atoms with Crippen LogP contribution in [0.1, 0.15) is 0 Å². The zero-order chi connectivity index (χ0) is 42.8. The molecule has 0 saturated carbocycles. The van der Waals surface area contributed by atoms with Crippen LogP contribution in [0.3, 0.4) is 0 Å². The van der Waals surface area contributed by atoms with Gasteiger partial charge >= 0.3 is 0 Å². The van der Waals surface area contributed by atoms with E-state index in [0.717, 1.165) is 77.2 Å². The predicted octanol–water partition coefficient (Wildman–Crippen LogP) is 16.4. The largest absolute Gasteiger partial charge is 0.455 e. The fourth-order valence-electron chi connectivity index (χ4n) is 9.75.